The van der Waals surface area contributed by atoms with Crippen LogP contribution in [0.5, 0.6) is 0 Å². The summed E-state index contributed by atoms with van der Waals surface area (Å²) in [4.78, 5) is 0. The fourth-order valence-corrected chi connectivity index (χ4v) is 2.98. The average molecular weight is 527 g/mol. The van der Waals surface area contributed by atoms with Crippen LogP contribution in [0.25, 0.3) is 11.1 Å². The van der Waals surface area contributed by atoms with Crippen LogP contribution in [0, 0.1) is 6.07 Å². The largest absolute Gasteiger partial charge is 1.00 e. The smallest absolute Gasteiger partial charge is 0 e. The molecule has 0 radical (unpaired) electrons. The van der Waals surface area contributed by atoms with Crippen LogP contribution in [0.4, 0.5) is 0 Å². The maximum atomic E-state index is 3.53. The number of halogens is 2. The van der Waals surface area contributed by atoms with E-state index >= 15 is 0 Å². The summed E-state index contributed by atoms with van der Waals surface area (Å²) in [6.07, 6.45) is 1.03. The Morgan fingerprint density at radius 3 is 1.88 bits per heavy atom. The van der Waals surface area contributed by atoms with E-state index in [1.54, 1.807) is 0 Å². The third-order valence-electron chi connectivity index (χ3n) is 4.53. The monoisotopic (exact) mass is 527 g/mol. The Hall–Kier alpha value is -0.110. The molecule has 2 aromatic rings. The van der Waals surface area contributed by atoms with Crippen molar-refractivity contribution in [2.24, 2.45) is 0 Å². The normalized spacial score (nSPS) is 12.2. The van der Waals surface area contributed by atoms with Gasteiger partial charge in [-0.3, -0.25) is 0 Å². The second kappa shape index (κ2) is 8.06. The van der Waals surface area contributed by atoms with Crippen LogP contribution in [0.3, 0.4) is 0 Å². The van der Waals surface area contributed by atoms with Gasteiger partial charge in [0.15, 0.2) is 0 Å². The molecule has 1 aliphatic carbocycles. The molecule has 0 unspecified atom stereocenters. The Kier molecular flexibility index (Phi) is 8.02. The first kappa shape index (κ1) is 23.9. The van der Waals surface area contributed by atoms with E-state index < -0.39 is 0 Å². The quantitative estimate of drug-likeness (QED) is 0.278. The Labute approximate surface area is 178 Å². The molecule has 0 saturated carbocycles. The van der Waals surface area contributed by atoms with Gasteiger partial charge in [0.05, 0.1) is 0 Å². The van der Waals surface area contributed by atoms with Crippen LogP contribution in [-0.2, 0) is 43.1 Å². The minimum Gasteiger partial charge on any atom is -1.00 e. The van der Waals surface area contributed by atoms with Crippen LogP contribution >= 0.6 is 0 Å². The van der Waals surface area contributed by atoms with Crippen molar-refractivity contribution in [2.75, 3.05) is 0 Å². The summed E-state index contributed by atoms with van der Waals surface area (Å²) in [5, 5.41) is 0. The Balaban J connectivity index is 0.00000176. The molecule has 0 amide bonds. The van der Waals surface area contributed by atoms with Gasteiger partial charge in [0.25, 0.3) is 0 Å². The molecule has 0 heterocycles. The second-order valence-electron chi connectivity index (χ2n) is 8.33. The van der Waals surface area contributed by atoms with E-state index in [1.807, 2.05) is 0 Å². The maximum Gasteiger partial charge on any atom is 0 e. The van der Waals surface area contributed by atoms with Gasteiger partial charge in [-0.05, 0) is 17.4 Å². The molecule has 0 atom stereocenters. The standard InChI is InChI=1S/C21H25.2ClH.Hf/c1-20(2,3)16-9-7-14-11-15-8-10-17(21(4,5)6)13-19(15)18(14)12-16;;;/h7,9-10,12-13H,11H2,1-6H3;2*1H;/q-1;;;/p-2. The van der Waals surface area contributed by atoms with Crippen LogP contribution < -0.4 is 24.8 Å². The molecule has 0 N–H and O–H groups in total. The molecule has 0 spiro atoms. The Bertz CT molecular complexity index is 645. The zero-order valence-electron chi connectivity index (χ0n) is 15.3. The fraction of sp³-hybridized carbons (Fsp3) is 0.429. The predicted molar refractivity (Wildman–Crippen MR) is 90.9 cm³/mol. The molecule has 0 bridgehead atoms. The number of rotatable bonds is 0. The van der Waals surface area contributed by atoms with Gasteiger partial charge >= 0.3 is 0 Å². The molecule has 0 fully saturated rings. The molecule has 0 aliphatic heterocycles. The van der Waals surface area contributed by atoms with Crippen LogP contribution in [0.15, 0.2) is 30.3 Å². The van der Waals surface area contributed by atoms with Crippen molar-refractivity contribution < 1.29 is 50.7 Å². The van der Waals surface area contributed by atoms with Crippen LogP contribution in [-0.4, -0.2) is 0 Å². The molecule has 0 nitrogen and oxygen atoms in total. The number of benzene rings is 2. The van der Waals surface area contributed by atoms with E-state index in [2.05, 4.69) is 77.9 Å². The van der Waals surface area contributed by atoms with Crippen molar-refractivity contribution in [3.63, 3.8) is 0 Å². The van der Waals surface area contributed by atoms with Gasteiger partial charge in [-0.1, -0.05) is 76.3 Å². The van der Waals surface area contributed by atoms with Crippen molar-refractivity contribution in [3.8, 4) is 11.1 Å². The molecule has 2 aromatic carbocycles. The second-order valence-corrected chi connectivity index (χ2v) is 8.33. The molecule has 24 heavy (non-hydrogen) atoms. The first-order valence-electron chi connectivity index (χ1n) is 7.85. The van der Waals surface area contributed by atoms with Crippen LogP contribution in [0.2, 0.25) is 0 Å². The van der Waals surface area contributed by atoms with Gasteiger partial charge in [0.1, 0.15) is 0 Å². The van der Waals surface area contributed by atoms with Crippen molar-refractivity contribution >= 4 is 0 Å². The van der Waals surface area contributed by atoms with E-state index in [9.17, 15) is 0 Å². The first-order chi connectivity index (χ1) is 9.66. The molecule has 0 aromatic heterocycles. The summed E-state index contributed by atoms with van der Waals surface area (Å²) in [7, 11) is 0. The van der Waals surface area contributed by atoms with Gasteiger partial charge in [0, 0.05) is 25.8 Å². The Morgan fingerprint density at radius 2 is 1.33 bits per heavy atom. The van der Waals surface area contributed by atoms with Gasteiger partial charge in [0.2, 0.25) is 0 Å². The summed E-state index contributed by atoms with van der Waals surface area (Å²) in [5.41, 5.74) is 8.76. The van der Waals surface area contributed by atoms with Crippen molar-refractivity contribution in [2.45, 2.75) is 58.8 Å². The van der Waals surface area contributed by atoms with Crippen molar-refractivity contribution in [1.29, 1.82) is 0 Å². The molecule has 3 heteroatoms. The van der Waals surface area contributed by atoms with Crippen molar-refractivity contribution in [1.82, 2.24) is 0 Å². The SMILES string of the molecule is CC(C)(C)c1c[c-]c2c(c1)-c1cc(C(C)(C)C)ccc1C2.[Cl-].[Cl-].[Hf]. The molecule has 130 valence electrons. The van der Waals surface area contributed by atoms with E-state index in [-0.39, 0.29) is 61.5 Å². The van der Waals surface area contributed by atoms with E-state index in [4.69, 9.17) is 0 Å². The van der Waals surface area contributed by atoms with E-state index in [0.717, 1.165) is 6.42 Å². The zero-order valence-corrected chi connectivity index (χ0v) is 20.5. The number of fused-ring (bicyclic) bond motifs is 3. The predicted octanol–water partition coefficient (Wildman–Crippen LogP) is -0.342. The molecule has 0 saturated heterocycles. The van der Waals surface area contributed by atoms with Crippen molar-refractivity contribution in [3.05, 3.63) is 58.7 Å². The minimum absolute atomic E-state index is 0. The zero-order chi connectivity index (χ0) is 15.4. The van der Waals surface area contributed by atoms with Gasteiger partial charge in [-0.15, -0.1) is 5.56 Å². The van der Waals surface area contributed by atoms with E-state index in [0.29, 0.717) is 0 Å². The number of hydrogen-bond acceptors (Lipinski definition) is 0. The average Bonchev–Trinajstić information content (AvgIpc) is 2.73. The van der Waals surface area contributed by atoms with E-state index in [1.165, 1.54) is 33.4 Å². The third-order valence-corrected chi connectivity index (χ3v) is 4.53. The van der Waals surface area contributed by atoms with Gasteiger partial charge in [-0.25, -0.2) is 0 Å². The molecule has 3 rings (SSSR count). The minimum atomic E-state index is 0. The summed E-state index contributed by atoms with van der Waals surface area (Å²) in [5.74, 6) is 0. The molecular formula is C21H25Cl2Hf-3. The van der Waals surface area contributed by atoms with Gasteiger partial charge in [-0.2, -0.15) is 29.3 Å². The third kappa shape index (κ3) is 4.54. The van der Waals surface area contributed by atoms with Crippen LogP contribution in [0.1, 0.15) is 63.8 Å². The fourth-order valence-electron chi connectivity index (χ4n) is 2.98. The maximum absolute atomic E-state index is 3.53. The summed E-state index contributed by atoms with van der Waals surface area (Å²) < 4.78 is 0. The summed E-state index contributed by atoms with van der Waals surface area (Å²) >= 11 is 0. The number of hydrogen-bond donors (Lipinski definition) is 0. The summed E-state index contributed by atoms with van der Waals surface area (Å²) in [6.45, 7) is 13.6. The molecular weight excluding hydrogens is 502 g/mol. The Morgan fingerprint density at radius 1 is 0.792 bits per heavy atom. The van der Waals surface area contributed by atoms with Gasteiger partial charge < -0.3 is 24.8 Å². The topological polar surface area (TPSA) is 0 Å². The summed E-state index contributed by atoms with van der Waals surface area (Å²) in [6, 6.07) is 15.1. The molecule has 1 aliphatic rings. The first-order valence-corrected chi connectivity index (χ1v) is 7.85.